The smallest absolute Gasteiger partial charge is 0.364 e. The Bertz CT molecular complexity index is 904. The molecule has 1 amide bonds. The van der Waals surface area contributed by atoms with E-state index < -0.39 is 18.1 Å². The molecule has 3 heterocycles. The molecule has 0 bridgehead atoms. The fraction of sp³-hybridized carbons (Fsp3) is 0.200. The minimum absolute atomic E-state index is 0.118. The lowest BCUT2D eigenvalue weighted by Gasteiger charge is -2.20. The molecule has 0 aliphatic carbocycles. The Kier molecular flexibility index (Phi) is 4.29. The van der Waals surface area contributed by atoms with E-state index in [2.05, 4.69) is 15.2 Å². The van der Waals surface area contributed by atoms with Crippen LogP contribution in [0.25, 0.3) is 22.5 Å². The Morgan fingerprint density at radius 3 is 2.72 bits per heavy atom. The van der Waals surface area contributed by atoms with Crippen molar-refractivity contribution in [3.63, 3.8) is 0 Å². The highest BCUT2D eigenvalue weighted by molar-refractivity contribution is 7.08. The van der Waals surface area contributed by atoms with E-state index in [1.54, 1.807) is 17.5 Å². The number of nitrogens with zero attached hydrogens (tertiary/aromatic N) is 4. The van der Waals surface area contributed by atoms with Crippen molar-refractivity contribution >= 4 is 17.2 Å². The van der Waals surface area contributed by atoms with Crippen LogP contribution < -0.4 is 5.73 Å². The lowest BCUT2D eigenvalue weighted by atomic mass is 10.00. The third-order valence-corrected chi connectivity index (χ3v) is 4.39. The molecule has 0 radical (unpaired) electrons. The van der Waals surface area contributed by atoms with Crippen LogP contribution in [0.1, 0.15) is 23.5 Å². The van der Waals surface area contributed by atoms with Gasteiger partial charge in [-0.05, 0) is 40.9 Å². The van der Waals surface area contributed by atoms with Gasteiger partial charge in [-0.3, -0.25) is 9.78 Å². The van der Waals surface area contributed by atoms with Gasteiger partial charge in [0.1, 0.15) is 18.1 Å². The van der Waals surface area contributed by atoms with E-state index in [4.69, 9.17) is 5.73 Å². The van der Waals surface area contributed by atoms with Crippen LogP contribution in [0.4, 0.5) is 13.2 Å². The molecule has 3 aromatic rings. The summed E-state index contributed by atoms with van der Waals surface area (Å²) in [6, 6.07) is 1.50. The Labute approximate surface area is 144 Å². The molecule has 0 fully saturated rings. The molecule has 1 atom stereocenters. The van der Waals surface area contributed by atoms with Crippen molar-refractivity contribution < 1.29 is 18.0 Å². The first-order chi connectivity index (χ1) is 11.8. The number of hydrogen-bond acceptors (Lipinski definition) is 5. The second-order valence-electron chi connectivity index (χ2n) is 5.24. The molecule has 3 rings (SSSR count). The zero-order valence-corrected chi connectivity index (χ0v) is 13.7. The van der Waals surface area contributed by atoms with Crippen LogP contribution >= 0.6 is 11.3 Å². The zero-order chi connectivity index (χ0) is 18.2. The quantitative estimate of drug-likeness (QED) is 0.767. The van der Waals surface area contributed by atoms with Gasteiger partial charge >= 0.3 is 6.18 Å². The maximum atomic E-state index is 13.2. The minimum atomic E-state index is -4.51. The number of aromatic nitrogens is 4. The largest absolute Gasteiger partial charge is 0.408 e. The van der Waals surface area contributed by atoms with Gasteiger partial charge in [-0.2, -0.15) is 24.5 Å². The van der Waals surface area contributed by atoms with E-state index in [0.29, 0.717) is 5.56 Å². The molecule has 0 aromatic carbocycles. The predicted octanol–water partition coefficient (Wildman–Crippen LogP) is 3.29. The Balaban J connectivity index is 2.28. The summed E-state index contributed by atoms with van der Waals surface area (Å²) in [6.07, 6.45) is -2.15. The van der Waals surface area contributed by atoms with E-state index in [-0.39, 0.29) is 17.1 Å². The van der Waals surface area contributed by atoms with Crippen LogP contribution in [0.5, 0.6) is 0 Å². The SMILES string of the molecule is CC(n1cnnc1-c1c(-c2ccsc2)ccnc1C(N)=O)C(F)(F)F. The van der Waals surface area contributed by atoms with Crippen LogP contribution in [-0.2, 0) is 0 Å². The van der Waals surface area contributed by atoms with Crippen molar-refractivity contribution in [1.29, 1.82) is 0 Å². The van der Waals surface area contributed by atoms with Crippen LogP contribution in [0.2, 0.25) is 0 Å². The lowest BCUT2D eigenvalue weighted by molar-refractivity contribution is -0.162. The highest BCUT2D eigenvalue weighted by atomic mass is 32.1. The van der Waals surface area contributed by atoms with Crippen molar-refractivity contribution in [3.05, 3.63) is 41.1 Å². The number of primary amides is 1. The zero-order valence-electron chi connectivity index (χ0n) is 12.9. The average Bonchev–Trinajstić information content (AvgIpc) is 3.23. The van der Waals surface area contributed by atoms with Gasteiger partial charge in [-0.25, -0.2) is 0 Å². The first-order valence-corrected chi connectivity index (χ1v) is 8.03. The molecule has 25 heavy (non-hydrogen) atoms. The van der Waals surface area contributed by atoms with Crippen LogP contribution in [0, 0.1) is 0 Å². The van der Waals surface area contributed by atoms with E-state index in [0.717, 1.165) is 23.4 Å². The second kappa shape index (κ2) is 6.28. The predicted molar refractivity (Wildman–Crippen MR) is 85.8 cm³/mol. The maximum absolute atomic E-state index is 13.2. The first-order valence-electron chi connectivity index (χ1n) is 7.08. The van der Waals surface area contributed by atoms with Gasteiger partial charge in [0, 0.05) is 6.20 Å². The highest BCUT2D eigenvalue weighted by Crippen LogP contribution is 2.37. The van der Waals surface area contributed by atoms with Crippen molar-refractivity contribution in [2.24, 2.45) is 5.73 Å². The van der Waals surface area contributed by atoms with Gasteiger partial charge in [0.15, 0.2) is 5.82 Å². The fourth-order valence-electron chi connectivity index (χ4n) is 2.40. The summed E-state index contributed by atoms with van der Waals surface area (Å²) in [6.45, 7) is 0.984. The number of halogens is 3. The second-order valence-corrected chi connectivity index (χ2v) is 6.02. The normalized spacial score (nSPS) is 13.0. The molecule has 6 nitrogen and oxygen atoms in total. The number of rotatable bonds is 4. The molecule has 0 aliphatic rings. The Morgan fingerprint density at radius 1 is 1.36 bits per heavy atom. The highest BCUT2D eigenvalue weighted by Gasteiger charge is 2.39. The number of thiophene rings is 1. The third kappa shape index (κ3) is 3.12. The number of nitrogens with two attached hydrogens (primary N) is 1. The standard InChI is InChI=1S/C15H12F3N5OS/c1-8(15(16,17)18)23-7-21-22-14(23)11-10(9-3-5-25-6-9)2-4-20-12(11)13(19)24/h2-8H,1H3,(H2,19,24). The number of alkyl halides is 3. The molecule has 2 N–H and O–H groups in total. The van der Waals surface area contributed by atoms with Crippen molar-refractivity contribution in [1.82, 2.24) is 19.7 Å². The Hall–Kier alpha value is -2.75. The maximum Gasteiger partial charge on any atom is 0.408 e. The van der Waals surface area contributed by atoms with Crippen LogP contribution in [0.3, 0.4) is 0 Å². The van der Waals surface area contributed by atoms with E-state index in [1.165, 1.54) is 17.5 Å². The molecule has 3 aromatic heterocycles. The number of carbonyl (C=O) groups is 1. The van der Waals surface area contributed by atoms with E-state index in [1.807, 2.05) is 5.38 Å². The van der Waals surface area contributed by atoms with E-state index in [9.17, 15) is 18.0 Å². The molecule has 130 valence electrons. The summed E-state index contributed by atoms with van der Waals surface area (Å²) in [5, 5.41) is 11.0. The number of pyridine rings is 1. The van der Waals surface area contributed by atoms with Gasteiger partial charge in [-0.1, -0.05) is 0 Å². The van der Waals surface area contributed by atoms with Gasteiger partial charge in [0.05, 0.1) is 5.56 Å². The summed E-state index contributed by atoms with van der Waals surface area (Å²) in [5.41, 5.74) is 6.57. The summed E-state index contributed by atoms with van der Waals surface area (Å²) in [5.74, 6) is -0.978. The molecule has 0 saturated carbocycles. The molecule has 10 heteroatoms. The summed E-state index contributed by atoms with van der Waals surface area (Å²) >= 11 is 1.41. The van der Waals surface area contributed by atoms with E-state index >= 15 is 0 Å². The number of amides is 1. The molecule has 0 saturated heterocycles. The monoisotopic (exact) mass is 367 g/mol. The molecule has 0 spiro atoms. The third-order valence-electron chi connectivity index (χ3n) is 3.70. The van der Waals surface area contributed by atoms with Gasteiger partial charge < -0.3 is 10.3 Å². The molecular formula is C15H12F3N5OS. The number of hydrogen-bond donors (Lipinski definition) is 1. The Morgan fingerprint density at radius 2 is 2.12 bits per heavy atom. The van der Waals surface area contributed by atoms with Gasteiger partial charge in [0.25, 0.3) is 5.91 Å². The van der Waals surface area contributed by atoms with Crippen LogP contribution in [-0.4, -0.2) is 31.8 Å². The summed E-state index contributed by atoms with van der Waals surface area (Å²) < 4.78 is 40.3. The average molecular weight is 367 g/mol. The molecule has 1 unspecified atom stereocenters. The minimum Gasteiger partial charge on any atom is -0.364 e. The summed E-state index contributed by atoms with van der Waals surface area (Å²) in [4.78, 5) is 15.7. The van der Waals surface area contributed by atoms with Gasteiger partial charge in [0.2, 0.25) is 0 Å². The molecule has 0 aliphatic heterocycles. The number of carbonyl (C=O) groups excluding carboxylic acids is 1. The lowest BCUT2D eigenvalue weighted by Crippen LogP contribution is -2.24. The topological polar surface area (TPSA) is 86.7 Å². The van der Waals surface area contributed by atoms with Crippen molar-refractivity contribution in [2.75, 3.05) is 0 Å². The van der Waals surface area contributed by atoms with Crippen molar-refractivity contribution in [3.8, 4) is 22.5 Å². The van der Waals surface area contributed by atoms with Gasteiger partial charge in [-0.15, -0.1) is 10.2 Å². The summed E-state index contributed by atoms with van der Waals surface area (Å²) in [7, 11) is 0. The van der Waals surface area contributed by atoms with Crippen LogP contribution in [0.15, 0.2) is 35.4 Å². The van der Waals surface area contributed by atoms with Crippen molar-refractivity contribution in [2.45, 2.75) is 19.1 Å². The fourth-order valence-corrected chi connectivity index (χ4v) is 3.05. The molecular weight excluding hydrogens is 355 g/mol. The first kappa shape index (κ1) is 17.1.